The number of nitrogens with one attached hydrogen (secondary N) is 2. The lowest BCUT2D eigenvalue weighted by atomic mass is 10.1. The molecule has 0 bridgehead atoms. The van der Waals surface area contributed by atoms with Crippen LogP contribution in [0.25, 0.3) is 0 Å². The number of fused-ring (bicyclic) bond motifs is 1. The molecule has 2 aromatic rings. The van der Waals surface area contributed by atoms with Gasteiger partial charge in [-0.15, -0.1) is 0 Å². The Morgan fingerprint density at radius 1 is 1.25 bits per heavy atom. The van der Waals surface area contributed by atoms with Crippen molar-refractivity contribution >= 4 is 5.96 Å². The average molecular weight is 389 g/mol. The number of guanidine groups is 1. The number of aryl methyl sites for hydroxylation is 1. The first kappa shape index (κ1) is 20.1. The molecule has 28 heavy (non-hydrogen) atoms. The zero-order valence-electron chi connectivity index (χ0n) is 16.3. The zero-order valence-corrected chi connectivity index (χ0v) is 16.3. The van der Waals surface area contributed by atoms with Crippen LogP contribution in [-0.2, 0) is 17.9 Å². The minimum atomic E-state index is -0.348. The molecule has 0 saturated carbocycles. The first-order chi connectivity index (χ1) is 13.5. The monoisotopic (exact) mass is 389 g/mol. The molecule has 0 aliphatic carbocycles. The van der Waals surface area contributed by atoms with E-state index in [2.05, 4.69) is 15.6 Å². The fourth-order valence-electron chi connectivity index (χ4n) is 3.03. The Balaban J connectivity index is 1.77. The first-order valence-electron chi connectivity index (χ1n) is 9.30. The summed E-state index contributed by atoms with van der Waals surface area (Å²) in [6, 6.07) is 7.85. The van der Waals surface area contributed by atoms with Gasteiger partial charge in [0, 0.05) is 17.7 Å². The molecule has 1 unspecified atom stereocenters. The van der Waals surface area contributed by atoms with Crippen molar-refractivity contribution < 1.29 is 18.3 Å². The Bertz CT molecular complexity index is 871. The van der Waals surface area contributed by atoms with Gasteiger partial charge in [-0.05, 0) is 50.1 Å². The molecular weight excluding hydrogens is 364 g/mol. The number of aliphatic imine (C=N–C) groups is 1. The van der Waals surface area contributed by atoms with Crippen LogP contribution in [0.4, 0.5) is 8.78 Å². The lowest BCUT2D eigenvalue weighted by Crippen LogP contribution is -2.38. The Kier molecular flexibility index (Phi) is 6.46. The van der Waals surface area contributed by atoms with Crippen molar-refractivity contribution in [2.24, 2.45) is 4.99 Å². The van der Waals surface area contributed by atoms with Crippen molar-refractivity contribution in [3.8, 4) is 5.75 Å². The van der Waals surface area contributed by atoms with E-state index in [4.69, 9.17) is 9.47 Å². The topological polar surface area (TPSA) is 54.9 Å². The summed E-state index contributed by atoms with van der Waals surface area (Å²) in [7, 11) is 0. The molecule has 150 valence electrons. The second-order valence-electron chi connectivity index (χ2n) is 6.73. The number of benzene rings is 2. The van der Waals surface area contributed by atoms with Gasteiger partial charge in [-0.1, -0.05) is 12.1 Å². The van der Waals surface area contributed by atoms with E-state index in [0.29, 0.717) is 41.6 Å². The van der Waals surface area contributed by atoms with E-state index in [0.717, 1.165) is 5.56 Å². The van der Waals surface area contributed by atoms with Gasteiger partial charge in [0.1, 0.15) is 17.4 Å². The van der Waals surface area contributed by atoms with Crippen LogP contribution in [0.3, 0.4) is 0 Å². The number of hydrogen-bond donors (Lipinski definition) is 2. The molecule has 0 spiro atoms. The summed E-state index contributed by atoms with van der Waals surface area (Å²) in [6.07, 6.45) is 0. The maximum absolute atomic E-state index is 13.9. The molecule has 0 radical (unpaired) electrons. The molecule has 2 N–H and O–H groups in total. The van der Waals surface area contributed by atoms with Gasteiger partial charge in [-0.2, -0.15) is 0 Å². The number of nitrogens with zero attached hydrogens (tertiary/aromatic N) is 1. The predicted molar refractivity (Wildman–Crippen MR) is 104 cm³/mol. The fourth-order valence-corrected chi connectivity index (χ4v) is 3.03. The summed E-state index contributed by atoms with van der Waals surface area (Å²) in [4.78, 5) is 4.55. The summed E-state index contributed by atoms with van der Waals surface area (Å²) in [5.41, 5.74) is 2.76. The van der Waals surface area contributed by atoms with Gasteiger partial charge in [-0.3, -0.25) is 0 Å². The Morgan fingerprint density at radius 3 is 2.82 bits per heavy atom. The Morgan fingerprint density at radius 2 is 2.07 bits per heavy atom. The molecule has 5 nitrogen and oxygen atoms in total. The van der Waals surface area contributed by atoms with Crippen LogP contribution in [0.15, 0.2) is 35.3 Å². The zero-order chi connectivity index (χ0) is 20.1. The molecule has 0 fully saturated rings. The molecule has 1 aliphatic heterocycles. The molecular formula is C21H25F2N3O2. The van der Waals surface area contributed by atoms with E-state index in [9.17, 15) is 8.78 Å². The smallest absolute Gasteiger partial charge is 0.192 e. The maximum atomic E-state index is 13.9. The van der Waals surface area contributed by atoms with Crippen molar-refractivity contribution in [2.45, 2.75) is 40.0 Å². The SMILES string of the molecule is CCNC(=NCc1cc(F)cc2c1OCOC2)NC(C)c1ccc(C)c(F)c1. The second kappa shape index (κ2) is 9.01. The van der Waals surface area contributed by atoms with Crippen molar-refractivity contribution in [3.05, 3.63) is 64.2 Å². The van der Waals surface area contributed by atoms with Crippen molar-refractivity contribution in [1.29, 1.82) is 0 Å². The summed E-state index contributed by atoms with van der Waals surface area (Å²) in [6.45, 7) is 6.98. The Labute approximate surface area is 163 Å². The summed E-state index contributed by atoms with van der Waals surface area (Å²) >= 11 is 0. The summed E-state index contributed by atoms with van der Waals surface area (Å²) in [5, 5.41) is 6.42. The number of halogens is 2. The average Bonchev–Trinajstić information content (AvgIpc) is 2.68. The van der Waals surface area contributed by atoms with Crippen LogP contribution < -0.4 is 15.4 Å². The third-order valence-corrected chi connectivity index (χ3v) is 4.55. The molecule has 1 aliphatic rings. The highest BCUT2D eigenvalue weighted by Crippen LogP contribution is 2.30. The predicted octanol–water partition coefficient (Wildman–Crippen LogP) is 3.96. The number of hydrogen-bond acceptors (Lipinski definition) is 3. The van der Waals surface area contributed by atoms with Crippen molar-refractivity contribution in [2.75, 3.05) is 13.3 Å². The lowest BCUT2D eigenvalue weighted by Gasteiger charge is -2.21. The highest BCUT2D eigenvalue weighted by molar-refractivity contribution is 5.80. The molecule has 7 heteroatoms. The second-order valence-corrected chi connectivity index (χ2v) is 6.73. The van der Waals surface area contributed by atoms with Crippen LogP contribution in [-0.4, -0.2) is 19.3 Å². The highest BCUT2D eigenvalue weighted by atomic mass is 19.1. The fraction of sp³-hybridized carbons (Fsp3) is 0.381. The van der Waals surface area contributed by atoms with Crippen molar-refractivity contribution in [3.63, 3.8) is 0 Å². The van der Waals surface area contributed by atoms with Gasteiger partial charge in [0.15, 0.2) is 12.8 Å². The summed E-state index contributed by atoms with van der Waals surface area (Å²) < 4.78 is 38.5. The molecule has 2 aromatic carbocycles. The largest absolute Gasteiger partial charge is 0.467 e. The molecule has 1 heterocycles. The van der Waals surface area contributed by atoms with Crippen LogP contribution >= 0.6 is 0 Å². The van der Waals surface area contributed by atoms with Gasteiger partial charge in [-0.25, -0.2) is 13.8 Å². The van der Waals surface area contributed by atoms with Gasteiger partial charge in [0.2, 0.25) is 0 Å². The van der Waals surface area contributed by atoms with Crippen molar-refractivity contribution in [1.82, 2.24) is 10.6 Å². The summed E-state index contributed by atoms with van der Waals surface area (Å²) in [5.74, 6) is 0.598. The lowest BCUT2D eigenvalue weighted by molar-refractivity contribution is -0.0172. The van der Waals surface area contributed by atoms with E-state index in [1.807, 2.05) is 19.9 Å². The third-order valence-electron chi connectivity index (χ3n) is 4.55. The van der Waals surface area contributed by atoms with Gasteiger partial charge in [0.25, 0.3) is 0 Å². The van der Waals surface area contributed by atoms with Gasteiger partial charge >= 0.3 is 0 Å². The van der Waals surface area contributed by atoms with E-state index >= 15 is 0 Å². The van der Waals surface area contributed by atoms with E-state index in [1.54, 1.807) is 13.0 Å². The van der Waals surface area contributed by atoms with Gasteiger partial charge in [0.05, 0.1) is 19.2 Å². The molecule has 0 aromatic heterocycles. The Hall–Kier alpha value is -2.67. The first-order valence-corrected chi connectivity index (χ1v) is 9.30. The quantitative estimate of drug-likeness (QED) is 0.601. The molecule has 1 atom stereocenters. The standard InChI is InChI=1S/C21H25F2N3O2/c1-4-24-21(26-14(3)15-6-5-13(2)19(23)9-15)25-10-16-7-18(22)8-17-11-27-12-28-20(16)17/h5-9,14H,4,10-12H2,1-3H3,(H2,24,25,26). The van der Waals surface area contributed by atoms with Crippen LogP contribution in [0.5, 0.6) is 5.75 Å². The van der Waals surface area contributed by atoms with E-state index in [-0.39, 0.29) is 31.0 Å². The van der Waals surface area contributed by atoms with Crippen LogP contribution in [0.1, 0.15) is 42.1 Å². The normalized spacial score (nSPS) is 14.8. The van der Waals surface area contributed by atoms with Gasteiger partial charge < -0.3 is 20.1 Å². The van der Waals surface area contributed by atoms with Crippen LogP contribution in [0, 0.1) is 18.6 Å². The van der Waals surface area contributed by atoms with E-state index in [1.165, 1.54) is 18.2 Å². The minimum absolute atomic E-state index is 0.143. The van der Waals surface area contributed by atoms with E-state index < -0.39 is 0 Å². The number of ether oxygens (including phenoxy) is 2. The minimum Gasteiger partial charge on any atom is -0.467 e. The third kappa shape index (κ3) is 4.78. The molecule has 0 amide bonds. The highest BCUT2D eigenvalue weighted by Gasteiger charge is 2.17. The maximum Gasteiger partial charge on any atom is 0.192 e. The number of rotatable bonds is 5. The molecule has 0 saturated heterocycles. The van der Waals surface area contributed by atoms with Crippen LogP contribution in [0.2, 0.25) is 0 Å². The molecule has 3 rings (SSSR count).